The van der Waals surface area contributed by atoms with Crippen LogP contribution in [0, 0.1) is 5.92 Å². The lowest BCUT2D eigenvalue weighted by molar-refractivity contribution is 0.271. The second-order valence-electron chi connectivity index (χ2n) is 4.28. The number of ether oxygens (including phenoxy) is 1. The van der Waals surface area contributed by atoms with E-state index in [4.69, 9.17) is 9.84 Å². The first-order valence-electron chi connectivity index (χ1n) is 6.04. The van der Waals surface area contributed by atoms with E-state index in [1.165, 1.54) is 6.34 Å². The fourth-order valence-electron chi connectivity index (χ4n) is 1.30. The van der Waals surface area contributed by atoms with E-state index < -0.39 is 0 Å². The highest BCUT2D eigenvalue weighted by Crippen LogP contribution is 2.14. The molecule has 0 spiro atoms. The van der Waals surface area contributed by atoms with Crippen molar-refractivity contribution in [2.45, 2.75) is 13.8 Å². The van der Waals surface area contributed by atoms with Crippen LogP contribution in [0.3, 0.4) is 0 Å². The van der Waals surface area contributed by atoms with Crippen molar-refractivity contribution in [2.75, 3.05) is 13.3 Å². The van der Waals surface area contributed by atoms with Gasteiger partial charge in [0.1, 0.15) is 18.8 Å². The molecule has 0 heterocycles. The van der Waals surface area contributed by atoms with Crippen molar-refractivity contribution in [1.82, 2.24) is 0 Å². The van der Waals surface area contributed by atoms with E-state index in [9.17, 15) is 0 Å². The zero-order chi connectivity index (χ0) is 14.1. The Bertz CT molecular complexity index is 450. The van der Waals surface area contributed by atoms with Gasteiger partial charge in [-0.05, 0) is 36.9 Å². The lowest BCUT2D eigenvalue weighted by Gasteiger charge is -2.08. The zero-order valence-electron chi connectivity index (χ0n) is 11.3. The zero-order valence-corrected chi connectivity index (χ0v) is 11.3. The molecule has 0 saturated heterocycles. The summed E-state index contributed by atoms with van der Waals surface area (Å²) in [5, 5.41) is 8.53. The molecule has 5 nitrogen and oxygen atoms in total. The minimum absolute atomic E-state index is 0.296. The minimum Gasteiger partial charge on any atom is -0.493 e. The molecule has 0 bridgehead atoms. The average Bonchev–Trinajstić information content (AvgIpc) is 2.42. The highest BCUT2D eigenvalue weighted by Gasteiger charge is 2.01. The largest absolute Gasteiger partial charge is 0.493 e. The number of hydrogen-bond acceptors (Lipinski definition) is 3. The van der Waals surface area contributed by atoms with Crippen molar-refractivity contribution in [3.63, 3.8) is 0 Å². The molecular weight excluding hydrogens is 242 g/mol. The Labute approximate surface area is 113 Å². The fourth-order valence-corrected chi connectivity index (χ4v) is 1.30. The molecule has 0 fully saturated rings. The Balaban J connectivity index is 2.76. The third-order valence-corrected chi connectivity index (χ3v) is 2.19. The fraction of sp³-hybridized carbons (Fsp3) is 0.357. The molecule has 0 unspecified atom stereocenters. The van der Waals surface area contributed by atoms with E-state index in [0.29, 0.717) is 18.4 Å². The van der Waals surface area contributed by atoms with Crippen molar-refractivity contribution in [3.8, 4) is 5.75 Å². The Morgan fingerprint density at radius 3 is 2.58 bits per heavy atom. The second kappa shape index (κ2) is 8.16. The number of hydrogen-bond donors (Lipinski definition) is 1. The van der Waals surface area contributed by atoms with Crippen LogP contribution in [-0.4, -0.2) is 37.3 Å². The SMILES string of the molecule is C=N/C(=N\C=N/CO)c1ccc(OCC(C)C)cc1. The normalized spacial score (nSPS) is 12.1. The summed E-state index contributed by atoms with van der Waals surface area (Å²) in [7, 11) is 0. The van der Waals surface area contributed by atoms with Gasteiger partial charge in [-0.15, -0.1) is 0 Å². The predicted octanol–water partition coefficient (Wildman–Crippen LogP) is 2.15. The van der Waals surface area contributed by atoms with Crippen molar-refractivity contribution in [3.05, 3.63) is 29.8 Å². The minimum atomic E-state index is -0.296. The van der Waals surface area contributed by atoms with Crippen molar-refractivity contribution >= 4 is 18.9 Å². The summed E-state index contributed by atoms with van der Waals surface area (Å²) < 4.78 is 5.59. The maximum atomic E-state index is 8.53. The van der Waals surface area contributed by atoms with Gasteiger partial charge < -0.3 is 9.84 Å². The van der Waals surface area contributed by atoms with Crippen molar-refractivity contribution in [2.24, 2.45) is 20.9 Å². The molecule has 1 aromatic carbocycles. The summed E-state index contributed by atoms with van der Waals surface area (Å²) in [6, 6.07) is 7.44. The monoisotopic (exact) mass is 261 g/mol. The predicted molar refractivity (Wildman–Crippen MR) is 78.4 cm³/mol. The van der Waals surface area contributed by atoms with Crippen molar-refractivity contribution < 1.29 is 9.84 Å². The molecule has 0 aromatic heterocycles. The number of aliphatic hydroxyl groups is 1. The molecule has 19 heavy (non-hydrogen) atoms. The molecule has 0 amide bonds. The molecule has 5 heteroatoms. The summed E-state index contributed by atoms with van der Waals surface area (Å²) in [5.41, 5.74) is 0.816. The van der Waals surface area contributed by atoms with Crippen LogP contribution >= 0.6 is 0 Å². The summed E-state index contributed by atoms with van der Waals surface area (Å²) in [6.45, 7) is 8.05. The van der Waals surface area contributed by atoms with Crippen molar-refractivity contribution in [1.29, 1.82) is 0 Å². The van der Waals surface area contributed by atoms with Crippen LogP contribution in [0.25, 0.3) is 0 Å². The summed E-state index contributed by atoms with van der Waals surface area (Å²) in [4.78, 5) is 11.4. The maximum Gasteiger partial charge on any atom is 0.160 e. The molecule has 1 N–H and O–H groups in total. The quantitative estimate of drug-likeness (QED) is 0.629. The highest BCUT2D eigenvalue weighted by molar-refractivity contribution is 6.04. The van der Waals surface area contributed by atoms with Crippen LogP contribution in [0.4, 0.5) is 0 Å². The van der Waals surface area contributed by atoms with Gasteiger partial charge >= 0.3 is 0 Å². The molecule has 0 radical (unpaired) electrons. The van der Waals surface area contributed by atoms with Crippen LogP contribution in [0.1, 0.15) is 19.4 Å². The molecule has 0 atom stereocenters. The lowest BCUT2D eigenvalue weighted by Crippen LogP contribution is -2.04. The van der Waals surface area contributed by atoms with Gasteiger partial charge in [-0.3, -0.25) is 0 Å². The third kappa shape index (κ3) is 5.44. The number of nitrogens with zero attached hydrogens (tertiary/aromatic N) is 3. The van der Waals surface area contributed by atoms with Gasteiger partial charge in [0.05, 0.1) is 6.61 Å². The molecule has 0 aliphatic carbocycles. The Morgan fingerprint density at radius 2 is 2.05 bits per heavy atom. The van der Waals surface area contributed by atoms with Crippen LogP contribution in [0.15, 0.2) is 39.2 Å². The Morgan fingerprint density at radius 1 is 1.37 bits per heavy atom. The van der Waals surface area contributed by atoms with Crippen LogP contribution < -0.4 is 4.74 Å². The van der Waals surface area contributed by atoms with Gasteiger partial charge in [-0.2, -0.15) is 0 Å². The number of aliphatic hydroxyl groups excluding tert-OH is 1. The van der Waals surface area contributed by atoms with Gasteiger partial charge in [0.25, 0.3) is 0 Å². The average molecular weight is 261 g/mol. The first kappa shape index (κ1) is 15.0. The van der Waals surface area contributed by atoms with Gasteiger partial charge in [-0.25, -0.2) is 15.0 Å². The van der Waals surface area contributed by atoms with E-state index in [1.807, 2.05) is 24.3 Å². The Hall–Kier alpha value is -2.01. The van der Waals surface area contributed by atoms with Crippen LogP contribution in [0.2, 0.25) is 0 Å². The second-order valence-corrected chi connectivity index (χ2v) is 4.28. The summed E-state index contributed by atoms with van der Waals surface area (Å²) in [6.07, 6.45) is 1.26. The van der Waals surface area contributed by atoms with Gasteiger partial charge in [0.2, 0.25) is 0 Å². The first-order chi connectivity index (χ1) is 9.17. The van der Waals surface area contributed by atoms with Gasteiger partial charge in [0.15, 0.2) is 5.84 Å². The topological polar surface area (TPSA) is 66.5 Å². The molecular formula is C14H19N3O2. The molecule has 0 aliphatic heterocycles. The summed E-state index contributed by atoms with van der Waals surface area (Å²) in [5.74, 6) is 1.75. The van der Waals surface area contributed by atoms with Gasteiger partial charge in [-0.1, -0.05) is 13.8 Å². The Kier molecular flexibility index (Phi) is 6.46. The van der Waals surface area contributed by atoms with E-state index in [1.54, 1.807) is 0 Å². The number of benzene rings is 1. The first-order valence-corrected chi connectivity index (χ1v) is 6.04. The van der Waals surface area contributed by atoms with Crippen LogP contribution in [0.5, 0.6) is 5.75 Å². The molecule has 1 rings (SSSR count). The van der Waals surface area contributed by atoms with E-state index >= 15 is 0 Å². The third-order valence-electron chi connectivity index (χ3n) is 2.19. The molecule has 0 saturated carbocycles. The summed E-state index contributed by atoms with van der Waals surface area (Å²) >= 11 is 0. The molecule has 1 aromatic rings. The standard InChI is InChI=1S/C14H19N3O2/c1-11(2)8-19-13-6-4-12(5-7-13)14(15-3)17-9-16-10-18/h4-7,9,11,18H,3,8,10H2,1-2H3/b16-9-,17-14-. The lowest BCUT2D eigenvalue weighted by atomic mass is 10.2. The van der Waals surface area contributed by atoms with Gasteiger partial charge in [0, 0.05) is 5.56 Å². The smallest absolute Gasteiger partial charge is 0.160 e. The number of amidine groups is 1. The van der Waals surface area contributed by atoms with Crippen LogP contribution in [-0.2, 0) is 0 Å². The van der Waals surface area contributed by atoms with E-state index in [0.717, 1.165) is 11.3 Å². The van der Waals surface area contributed by atoms with E-state index in [2.05, 4.69) is 35.5 Å². The molecule has 102 valence electrons. The number of aliphatic imine (C=N–C) groups is 3. The molecule has 0 aliphatic rings. The van der Waals surface area contributed by atoms with E-state index in [-0.39, 0.29) is 6.73 Å². The maximum absolute atomic E-state index is 8.53. The highest BCUT2D eigenvalue weighted by atomic mass is 16.5. The number of rotatable bonds is 6.